The largest absolute Gasteiger partial charge is 0.385 e. The van der Waals surface area contributed by atoms with E-state index in [-0.39, 0.29) is 11.3 Å². The Labute approximate surface area is 170 Å². The average Bonchev–Trinajstić information content (AvgIpc) is 2.70. The van der Waals surface area contributed by atoms with E-state index in [9.17, 15) is 10.1 Å². The first-order valence-corrected chi connectivity index (χ1v) is 11.1. The summed E-state index contributed by atoms with van der Waals surface area (Å²) in [5.74, 6) is 0. The summed E-state index contributed by atoms with van der Waals surface area (Å²) in [5.41, 5.74) is 0.748. The van der Waals surface area contributed by atoms with Gasteiger partial charge in [-0.1, -0.05) is 90.4 Å². The fraction of sp³-hybridized carbons (Fsp3) is 0.696. The second kappa shape index (κ2) is 15.9. The maximum absolute atomic E-state index is 10.8. The molecule has 0 saturated carbocycles. The summed E-state index contributed by atoms with van der Waals surface area (Å²) >= 11 is 0. The molecule has 0 fully saturated rings. The first-order valence-electron chi connectivity index (χ1n) is 11.1. The van der Waals surface area contributed by atoms with Crippen LogP contribution in [0.15, 0.2) is 18.2 Å². The molecule has 5 heteroatoms. The summed E-state index contributed by atoms with van der Waals surface area (Å²) in [6.07, 6.45) is 18.7. The molecule has 0 aliphatic heterocycles. The van der Waals surface area contributed by atoms with Crippen molar-refractivity contribution < 1.29 is 4.92 Å². The highest BCUT2D eigenvalue weighted by molar-refractivity contribution is 5.58. The number of hydrogen-bond donors (Lipinski definition) is 1. The third-order valence-corrected chi connectivity index (χ3v) is 5.17. The minimum Gasteiger partial charge on any atom is -0.385 e. The van der Waals surface area contributed by atoms with Crippen LogP contribution in [0.5, 0.6) is 0 Å². The van der Waals surface area contributed by atoms with E-state index in [1.807, 2.05) is 6.07 Å². The normalized spacial score (nSPS) is 10.6. The van der Waals surface area contributed by atoms with Gasteiger partial charge < -0.3 is 5.32 Å². The van der Waals surface area contributed by atoms with Gasteiger partial charge in [0.2, 0.25) is 0 Å². The van der Waals surface area contributed by atoms with Crippen molar-refractivity contribution in [2.75, 3.05) is 11.9 Å². The highest BCUT2D eigenvalue weighted by atomic mass is 16.6. The number of nitro benzene ring substituents is 1. The SMILES string of the molecule is CCCCCCCCCCCCCCCCNc1ccc([N+](=O)[O-])c(C#N)c1. The van der Waals surface area contributed by atoms with E-state index >= 15 is 0 Å². The van der Waals surface area contributed by atoms with Crippen LogP contribution < -0.4 is 5.32 Å². The second-order valence-electron chi connectivity index (χ2n) is 7.62. The molecule has 5 nitrogen and oxygen atoms in total. The number of rotatable bonds is 17. The Morgan fingerprint density at radius 2 is 1.39 bits per heavy atom. The fourth-order valence-electron chi connectivity index (χ4n) is 3.45. The van der Waals surface area contributed by atoms with E-state index in [4.69, 9.17) is 5.26 Å². The molecular weight excluding hydrogens is 350 g/mol. The topological polar surface area (TPSA) is 79.0 Å². The molecule has 1 aromatic rings. The number of nitriles is 1. The van der Waals surface area contributed by atoms with Gasteiger partial charge in [-0.05, 0) is 18.6 Å². The van der Waals surface area contributed by atoms with Gasteiger partial charge >= 0.3 is 0 Å². The van der Waals surface area contributed by atoms with Crippen LogP contribution in [0.2, 0.25) is 0 Å². The van der Waals surface area contributed by atoms with Crippen LogP contribution in [0, 0.1) is 21.4 Å². The molecular formula is C23H37N3O2. The molecule has 0 amide bonds. The third kappa shape index (κ3) is 10.9. The van der Waals surface area contributed by atoms with Crippen LogP contribution in [0.4, 0.5) is 11.4 Å². The number of anilines is 1. The monoisotopic (exact) mass is 387 g/mol. The van der Waals surface area contributed by atoms with Crippen LogP contribution in [0.1, 0.15) is 102 Å². The maximum atomic E-state index is 10.8. The van der Waals surface area contributed by atoms with Crippen molar-refractivity contribution in [3.8, 4) is 6.07 Å². The lowest BCUT2D eigenvalue weighted by Gasteiger charge is -2.07. The molecule has 0 aliphatic rings. The fourth-order valence-corrected chi connectivity index (χ4v) is 3.45. The van der Waals surface area contributed by atoms with E-state index in [0.717, 1.165) is 18.7 Å². The lowest BCUT2D eigenvalue weighted by molar-refractivity contribution is -0.385. The molecule has 0 spiro atoms. The summed E-state index contributed by atoms with van der Waals surface area (Å²) in [5, 5.41) is 23.1. The number of nitro groups is 1. The molecule has 0 radical (unpaired) electrons. The molecule has 1 aromatic carbocycles. The lowest BCUT2D eigenvalue weighted by atomic mass is 10.0. The summed E-state index contributed by atoms with van der Waals surface area (Å²) in [6.45, 7) is 3.10. The van der Waals surface area contributed by atoms with Crippen LogP contribution in [0.3, 0.4) is 0 Å². The van der Waals surface area contributed by atoms with E-state index in [0.29, 0.717) is 0 Å². The molecule has 0 aromatic heterocycles. The van der Waals surface area contributed by atoms with Crippen LogP contribution >= 0.6 is 0 Å². The van der Waals surface area contributed by atoms with E-state index in [2.05, 4.69) is 12.2 Å². The Morgan fingerprint density at radius 1 is 0.893 bits per heavy atom. The van der Waals surface area contributed by atoms with Crippen LogP contribution in [-0.4, -0.2) is 11.5 Å². The standard InChI is InChI=1S/C23H37N3O2/c1-2-3-4-5-6-7-8-9-10-11-12-13-14-15-18-25-22-16-17-23(26(27)28)21(19-22)20-24/h16-17,19,25H,2-15,18H2,1H3. The first kappa shape index (κ1) is 23.9. The van der Waals surface area contributed by atoms with Gasteiger partial charge in [0.1, 0.15) is 11.6 Å². The van der Waals surface area contributed by atoms with Gasteiger partial charge in [-0.15, -0.1) is 0 Å². The Morgan fingerprint density at radius 3 is 1.86 bits per heavy atom. The minimum absolute atomic E-state index is 0.107. The number of benzene rings is 1. The van der Waals surface area contributed by atoms with Gasteiger partial charge in [0.15, 0.2) is 0 Å². The van der Waals surface area contributed by atoms with E-state index in [1.54, 1.807) is 12.1 Å². The lowest BCUT2D eigenvalue weighted by Crippen LogP contribution is -2.02. The molecule has 0 aliphatic carbocycles. The van der Waals surface area contributed by atoms with Gasteiger partial charge in [-0.3, -0.25) is 10.1 Å². The van der Waals surface area contributed by atoms with Gasteiger partial charge in [0, 0.05) is 18.3 Å². The van der Waals surface area contributed by atoms with Gasteiger partial charge in [-0.2, -0.15) is 5.26 Å². The number of hydrogen-bond acceptors (Lipinski definition) is 4. The predicted molar refractivity (Wildman–Crippen MR) is 117 cm³/mol. The number of nitrogens with zero attached hydrogens (tertiary/aromatic N) is 2. The number of nitrogens with one attached hydrogen (secondary N) is 1. The molecule has 1 N–H and O–H groups in total. The first-order chi connectivity index (χ1) is 13.7. The highest BCUT2D eigenvalue weighted by Crippen LogP contribution is 2.22. The molecule has 28 heavy (non-hydrogen) atoms. The molecule has 156 valence electrons. The van der Waals surface area contributed by atoms with Crippen molar-refractivity contribution >= 4 is 11.4 Å². The zero-order chi connectivity index (χ0) is 20.5. The summed E-state index contributed by atoms with van der Waals surface area (Å²) < 4.78 is 0. The molecule has 0 unspecified atom stereocenters. The Hall–Kier alpha value is -2.09. The van der Waals surface area contributed by atoms with E-state index in [1.165, 1.54) is 89.5 Å². The van der Waals surface area contributed by atoms with Gasteiger partial charge in [0.25, 0.3) is 5.69 Å². The second-order valence-corrected chi connectivity index (χ2v) is 7.62. The van der Waals surface area contributed by atoms with Crippen molar-refractivity contribution in [1.82, 2.24) is 0 Å². The van der Waals surface area contributed by atoms with Crippen molar-refractivity contribution in [3.05, 3.63) is 33.9 Å². The zero-order valence-corrected chi connectivity index (χ0v) is 17.5. The Bertz CT molecular complexity index is 596. The Balaban J connectivity index is 1.96. The van der Waals surface area contributed by atoms with Crippen molar-refractivity contribution in [2.45, 2.75) is 96.8 Å². The summed E-state index contributed by atoms with van der Waals surface area (Å²) in [7, 11) is 0. The van der Waals surface area contributed by atoms with E-state index < -0.39 is 4.92 Å². The molecule has 0 bridgehead atoms. The molecule has 0 atom stereocenters. The Kier molecular flexibility index (Phi) is 13.6. The zero-order valence-electron chi connectivity index (χ0n) is 17.5. The van der Waals surface area contributed by atoms with Gasteiger partial charge in [-0.25, -0.2) is 0 Å². The number of unbranched alkanes of at least 4 members (excludes halogenated alkanes) is 13. The molecule has 0 heterocycles. The van der Waals surface area contributed by atoms with Crippen LogP contribution in [0.25, 0.3) is 0 Å². The van der Waals surface area contributed by atoms with Gasteiger partial charge in [0.05, 0.1) is 4.92 Å². The van der Waals surface area contributed by atoms with Crippen molar-refractivity contribution in [2.24, 2.45) is 0 Å². The highest BCUT2D eigenvalue weighted by Gasteiger charge is 2.13. The third-order valence-electron chi connectivity index (χ3n) is 5.17. The predicted octanol–water partition coefficient (Wildman–Crippen LogP) is 7.36. The average molecular weight is 388 g/mol. The maximum Gasteiger partial charge on any atom is 0.287 e. The quantitative estimate of drug-likeness (QED) is 0.172. The molecule has 1 rings (SSSR count). The smallest absolute Gasteiger partial charge is 0.287 e. The summed E-state index contributed by atoms with van der Waals surface area (Å²) in [6, 6.07) is 6.51. The van der Waals surface area contributed by atoms with Crippen LogP contribution in [-0.2, 0) is 0 Å². The van der Waals surface area contributed by atoms with Crippen molar-refractivity contribution in [3.63, 3.8) is 0 Å². The minimum atomic E-state index is -0.518. The van der Waals surface area contributed by atoms with Crippen molar-refractivity contribution in [1.29, 1.82) is 5.26 Å². The summed E-state index contributed by atoms with van der Waals surface area (Å²) in [4.78, 5) is 10.3. The molecule has 0 saturated heterocycles.